The number of amides is 2. The zero-order valence-corrected chi connectivity index (χ0v) is 12.9. The van der Waals surface area contributed by atoms with Gasteiger partial charge in [-0.1, -0.05) is 6.07 Å². The average molecular weight is 315 g/mol. The lowest BCUT2D eigenvalue weighted by Gasteiger charge is -2.16. The lowest BCUT2D eigenvalue weighted by atomic mass is 9.90. The van der Waals surface area contributed by atoms with Crippen molar-refractivity contribution in [1.82, 2.24) is 10.3 Å². The summed E-state index contributed by atoms with van der Waals surface area (Å²) in [5.41, 5.74) is 5.22. The maximum absolute atomic E-state index is 11.9. The number of thiazole rings is 1. The van der Waals surface area contributed by atoms with Gasteiger partial charge in [-0.2, -0.15) is 0 Å². The SMILES string of the molecule is O=C(NCCc1cscn1)Nc1ccc2c(c1)C(=O)CCC2. The minimum Gasteiger partial charge on any atom is -0.337 e. The zero-order chi connectivity index (χ0) is 15.4. The zero-order valence-electron chi connectivity index (χ0n) is 12.1. The molecule has 2 aromatic rings. The number of nitrogens with one attached hydrogen (secondary N) is 2. The van der Waals surface area contributed by atoms with Crippen LogP contribution in [-0.4, -0.2) is 23.3 Å². The number of hydrogen-bond acceptors (Lipinski definition) is 4. The van der Waals surface area contributed by atoms with E-state index in [4.69, 9.17) is 0 Å². The first kappa shape index (κ1) is 14.7. The Bertz CT molecular complexity index is 683. The summed E-state index contributed by atoms with van der Waals surface area (Å²) in [6, 6.07) is 5.28. The number of rotatable bonds is 4. The van der Waals surface area contributed by atoms with Gasteiger partial charge in [-0.15, -0.1) is 11.3 Å². The number of urea groups is 1. The summed E-state index contributed by atoms with van der Waals surface area (Å²) in [5.74, 6) is 0.161. The van der Waals surface area contributed by atoms with Crippen molar-refractivity contribution >= 4 is 28.8 Å². The van der Waals surface area contributed by atoms with Crippen LogP contribution in [0.5, 0.6) is 0 Å². The molecule has 22 heavy (non-hydrogen) atoms. The Morgan fingerprint density at radius 2 is 2.23 bits per heavy atom. The fraction of sp³-hybridized carbons (Fsp3) is 0.312. The molecule has 6 heteroatoms. The summed E-state index contributed by atoms with van der Waals surface area (Å²) in [7, 11) is 0. The van der Waals surface area contributed by atoms with Gasteiger partial charge in [0.25, 0.3) is 0 Å². The van der Waals surface area contributed by atoms with Crippen LogP contribution in [0.3, 0.4) is 0 Å². The third-order valence-electron chi connectivity index (χ3n) is 3.67. The number of Topliss-reactive ketones (excluding diaryl/α,β-unsaturated/α-hetero) is 1. The smallest absolute Gasteiger partial charge is 0.319 e. The molecule has 1 aliphatic rings. The normalized spacial score (nSPS) is 13.5. The van der Waals surface area contributed by atoms with E-state index < -0.39 is 0 Å². The standard InChI is InChI=1S/C16H17N3O2S/c20-15-3-1-2-11-4-5-12(8-14(11)15)19-16(21)17-7-6-13-9-22-10-18-13/h4-5,8-10H,1-3,6-7H2,(H2,17,19,21). The molecule has 0 fully saturated rings. The van der Waals surface area contributed by atoms with Gasteiger partial charge in [-0.25, -0.2) is 9.78 Å². The molecule has 0 radical (unpaired) electrons. The van der Waals surface area contributed by atoms with E-state index in [1.807, 2.05) is 17.5 Å². The van der Waals surface area contributed by atoms with E-state index in [0.717, 1.165) is 29.7 Å². The molecule has 1 aliphatic carbocycles. The Kier molecular flexibility index (Phi) is 4.48. The Hall–Kier alpha value is -2.21. The second-order valence-corrected chi connectivity index (χ2v) is 5.98. The number of benzene rings is 1. The topological polar surface area (TPSA) is 71.1 Å². The Labute approximate surface area is 132 Å². The molecule has 0 spiro atoms. The van der Waals surface area contributed by atoms with Crippen LogP contribution in [0, 0.1) is 0 Å². The van der Waals surface area contributed by atoms with Crippen molar-refractivity contribution < 1.29 is 9.59 Å². The molecule has 0 saturated heterocycles. The summed E-state index contributed by atoms with van der Waals surface area (Å²) < 4.78 is 0. The monoisotopic (exact) mass is 315 g/mol. The number of fused-ring (bicyclic) bond motifs is 1. The molecule has 5 nitrogen and oxygen atoms in total. The molecule has 0 saturated carbocycles. The van der Waals surface area contributed by atoms with Crippen molar-refractivity contribution in [3.63, 3.8) is 0 Å². The highest BCUT2D eigenvalue weighted by Crippen LogP contribution is 2.24. The van der Waals surface area contributed by atoms with Crippen LogP contribution in [0.4, 0.5) is 10.5 Å². The Balaban J connectivity index is 1.55. The molecule has 1 aromatic heterocycles. The first-order chi connectivity index (χ1) is 10.7. The van der Waals surface area contributed by atoms with Crippen LogP contribution < -0.4 is 10.6 Å². The second kappa shape index (κ2) is 6.70. The fourth-order valence-electron chi connectivity index (χ4n) is 2.55. The maximum atomic E-state index is 11.9. The molecule has 2 N–H and O–H groups in total. The lowest BCUT2D eigenvalue weighted by molar-refractivity contribution is 0.0972. The summed E-state index contributed by atoms with van der Waals surface area (Å²) in [6.07, 6.45) is 3.15. The van der Waals surface area contributed by atoms with E-state index in [-0.39, 0.29) is 11.8 Å². The van der Waals surface area contributed by atoms with Gasteiger partial charge in [0.05, 0.1) is 11.2 Å². The van der Waals surface area contributed by atoms with Gasteiger partial charge in [0.1, 0.15) is 0 Å². The van der Waals surface area contributed by atoms with E-state index in [1.165, 1.54) is 0 Å². The second-order valence-electron chi connectivity index (χ2n) is 5.26. The van der Waals surface area contributed by atoms with Crippen molar-refractivity contribution in [2.24, 2.45) is 0 Å². The lowest BCUT2D eigenvalue weighted by Crippen LogP contribution is -2.30. The van der Waals surface area contributed by atoms with E-state index in [9.17, 15) is 9.59 Å². The van der Waals surface area contributed by atoms with Crippen LogP contribution in [0.25, 0.3) is 0 Å². The Morgan fingerprint density at radius 1 is 1.32 bits per heavy atom. The van der Waals surface area contributed by atoms with Crippen molar-refractivity contribution in [2.75, 3.05) is 11.9 Å². The largest absolute Gasteiger partial charge is 0.337 e. The summed E-state index contributed by atoms with van der Waals surface area (Å²) in [4.78, 5) is 27.9. The number of carbonyl (C=O) groups excluding carboxylic acids is 2. The van der Waals surface area contributed by atoms with Crippen LogP contribution in [0.1, 0.15) is 34.5 Å². The molecular formula is C16H17N3O2S. The number of aromatic nitrogens is 1. The molecule has 1 heterocycles. The van der Waals surface area contributed by atoms with Crippen molar-refractivity contribution in [2.45, 2.75) is 25.7 Å². The minimum atomic E-state index is -0.265. The van der Waals surface area contributed by atoms with Crippen LogP contribution >= 0.6 is 11.3 Å². The predicted octanol–water partition coefficient (Wildman–Crippen LogP) is 3.03. The molecule has 0 unspecified atom stereocenters. The van der Waals surface area contributed by atoms with Gasteiger partial charge in [0.15, 0.2) is 5.78 Å². The average Bonchev–Trinajstić information content (AvgIpc) is 3.01. The first-order valence-electron chi connectivity index (χ1n) is 7.30. The number of anilines is 1. The van der Waals surface area contributed by atoms with Crippen molar-refractivity contribution in [3.8, 4) is 0 Å². The summed E-state index contributed by atoms with van der Waals surface area (Å²) in [5, 5.41) is 7.53. The highest BCUT2D eigenvalue weighted by molar-refractivity contribution is 7.07. The minimum absolute atomic E-state index is 0.161. The van der Waals surface area contributed by atoms with Gasteiger partial charge < -0.3 is 10.6 Å². The highest BCUT2D eigenvalue weighted by atomic mass is 32.1. The quantitative estimate of drug-likeness (QED) is 0.911. The molecular weight excluding hydrogens is 298 g/mol. The number of carbonyl (C=O) groups is 2. The number of nitrogens with zero attached hydrogens (tertiary/aromatic N) is 1. The number of ketones is 1. The summed E-state index contributed by atoms with van der Waals surface area (Å²) in [6.45, 7) is 0.527. The Morgan fingerprint density at radius 3 is 3.05 bits per heavy atom. The van der Waals surface area contributed by atoms with E-state index in [0.29, 0.717) is 25.1 Å². The molecule has 114 valence electrons. The predicted molar refractivity (Wildman–Crippen MR) is 86.5 cm³/mol. The molecule has 0 bridgehead atoms. The van der Waals surface area contributed by atoms with Gasteiger partial charge >= 0.3 is 6.03 Å². The van der Waals surface area contributed by atoms with E-state index >= 15 is 0 Å². The third-order valence-corrected chi connectivity index (χ3v) is 4.30. The molecule has 0 aliphatic heterocycles. The van der Waals surface area contributed by atoms with Gasteiger partial charge in [-0.05, 0) is 30.5 Å². The molecule has 2 amide bonds. The van der Waals surface area contributed by atoms with E-state index in [2.05, 4.69) is 15.6 Å². The molecule has 3 rings (SSSR count). The van der Waals surface area contributed by atoms with Crippen LogP contribution in [0.15, 0.2) is 29.1 Å². The van der Waals surface area contributed by atoms with Gasteiger partial charge in [-0.3, -0.25) is 4.79 Å². The maximum Gasteiger partial charge on any atom is 0.319 e. The highest BCUT2D eigenvalue weighted by Gasteiger charge is 2.17. The first-order valence-corrected chi connectivity index (χ1v) is 8.25. The van der Waals surface area contributed by atoms with E-state index in [1.54, 1.807) is 22.9 Å². The number of aryl methyl sites for hydroxylation is 1. The molecule has 0 atom stereocenters. The number of hydrogen-bond donors (Lipinski definition) is 2. The fourth-order valence-corrected chi connectivity index (χ4v) is 3.14. The molecule has 1 aromatic carbocycles. The van der Waals surface area contributed by atoms with Gasteiger partial charge in [0.2, 0.25) is 0 Å². The van der Waals surface area contributed by atoms with Crippen LogP contribution in [-0.2, 0) is 12.8 Å². The summed E-state index contributed by atoms with van der Waals surface area (Å²) >= 11 is 1.54. The van der Waals surface area contributed by atoms with Crippen LogP contribution in [0.2, 0.25) is 0 Å². The van der Waals surface area contributed by atoms with Crippen molar-refractivity contribution in [1.29, 1.82) is 0 Å². The third kappa shape index (κ3) is 3.51. The van der Waals surface area contributed by atoms with Gasteiger partial charge in [0, 0.05) is 36.0 Å². The van der Waals surface area contributed by atoms with Crippen molar-refractivity contribution in [3.05, 3.63) is 45.9 Å².